The van der Waals surface area contributed by atoms with E-state index in [0.717, 1.165) is 24.4 Å². The van der Waals surface area contributed by atoms with E-state index >= 15 is 0 Å². The van der Waals surface area contributed by atoms with Gasteiger partial charge in [0.15, 0.2) is 11.6 Å². The van der Waals surface area contributed by atoms with Crippen molar-refractivity contribution in [3.05, 3.63) is 47.8 Å². The number of nitrogens with one attached hydrogen (secondary N) is 1. The Bertz CT molecular complexity index is 549. The molecule has 0 unspecified atom stereocenters. The Morgan fingerprint density at radius 1 is 1.21 bits per heavy atom. The Balaban J connectivity index is 2.05. The molecule has 0 bridgehead atoms. The number of nitrogens with zero attached hydrogens (tertiary/aromatic N) is 2. The molecule has 0 aliphatic rings. The van der Waals surface area contributed by atoms with E-state index in [1.807, 2.05) is 6.07 Å². The van der Waals surface area contributed by atoms with Crippen molar-refractivity contribution in [3.63, 3.8) is 0 Å². The maximum Gasteiger partial charge on any atom is 0.160 e. The van der Waals surface area contributed by atoms with Crippen LogP contribution in [0.5, 0.6) is 0 Å². The second-order valence-corrected chi connectivity index (χ2v) is 4.87. The van der Waals surface area contributed by atoms with E-state index in [0.29, 0.717) is 18.2 Å². The second kappa shape index (κ2) is 5.93. The molecule has 1 heterocycles. The van der Waals surface area contributed by atoms with Gasteiger partial charge < -0.3 is 5.32 Å². The van der Waals surface area contributed by atoms with Crippen LogP contribution >= 0.6 is 0 Å². The Kier molecular flexibility index (Phi) is 4.27. The minimum Gasteiger partial charge on any atom is -0.311 e. The van der Waals surface area contributed by atoms with Crippen molar-refractivity contribution in [1.82, 2.24) is 15.1 Å². The predicted octanol–water partition coefficient (Wildman–Crippen LogP) is 2.90. The van der Waals surface area contributed by atoms with Gasteiger partial charge in [-0.3, -0.25) is 0 Å². The molecular formula is C14H17F2N3. The topological polar surface area (TPSA) is 29.9 Å². The highest BCUT2D eigenvalue weighted by Crippen LogP contribution is 2.12. The third-order valence-corrected chi connectivity index (χ3v) is 2.67. The first kappa shape index (κ1) is 13.7. The molecule has 5 heteroatoms. The molecule has 3 nitrogen and oxygen atoms in total. The van der Waals surface area contributed by atoms with Gasteiger partial charge in [-0.05, 0) is 30.7 Å². The molecular weight excluding hydrogens is 248 g/mol. The van der Waals surface area contributed by atoms with Crippen LogP contribution < -0.4 is 5.32 Å². The van der Waals surface area contributed by atoms with Gasteiger partial charge in [0.05, 0.1) is 11.4 Å². The molecule has 0 amide bonds. The molecule has 19 heavy (non-hydrogen) atoms. The molecule has 0 atom stereocenters. The van der Waals surface area contributed by atoms with Crippen molar-refractivity contribution in [1.29, 1.82) is 0 Å². The molecule has 1 N–H and O–H groups in total. The van der Waals surface area contributed by atoms with Crippen LogP contribution in [0.1, 0.15) is 19.5 Å². The van der Waals surface area contributed by atoms with Gasteiger partial charge in [0.25, 0.3) is 0 Å². The minimum atomic E-state index is -0.868. The van der Waals surface area contributed by atoms with Gasteiger partial charge in [0.1, 0.15) is 0 Å². The van der Waals surface area contributed by atoms with E-state index in [-0.39, 0.29) is 0 Å². The van der Waals surface area contributed by atoms with Crippen LogP contribution in [0.3, 0.4) is 0 Å². The Hall–Kier alpha value is -1.75. The Morgan fingerprint density at radius 3 is 2.68 bits per heavy atom. The summed E-state index contributed by atoms with van der Waals surface area (Å²) in [6, 6.07) is 5.59. The van der Waals surface area contributed by atoms with Crippen LogP contribution in [-0.4, -0.2) is 16.3 Å². The fourth-order valence-corrected chi connectivity index (χ4v) is 1.72. The van der Waals surface area contributed by atoms with Gasteiger partial charge in [-0.2, -0.15) is 5.10 Å². The Morgan fingerprint density at radius 2 is 2.00 bits per heavy atom. The van der Waals surface area contributed by atoms with Crippen LogP contribution in [0.2, 0.25) is 0 Å². The van der Waals surface area contributed by atoms with Crippen LogP contribution in [0.4, 0.5) is 8.78 Å². The summed E-state index contributed by atoms with van der Waals surface area (Å²) in [5, 5.41) is 7.59. The van der Waals surface area contributed by atoms with E-state index in [9.17, 15) is 8.78 Å². The molecule has 1 aromatic carbocycles. The molecule has 0 saturated carbocycles. The quantitative estimate of drug-likeness (QED) is 0.901. The van der Waals surface area contributed by atoms with Gasteiger partial charge in [0.2, 0.25) is 0 Å². The first-order chi connectivity index (χ1) is 9.06. The van der Waals surface area contributed by atoms with E-state index < -0.39 is 11.6 Å². The summed E-state index contributed by atoms with van der Waals surface area (Å²) in [4.78, 5) is 0. The Labute approximate surface area is 111 Å². The molecule has 0 radical (unpaired) electrons. The molecule has 0 spiro atoms. The van der Waals surface area contributed by atoms with Gasteiger partial charge in [-0.1, -0.05) is 13.8 Å². The van der Waals surface area contributed by atoms with Crippen molar-refractivity contribution >= 4 is 0 Å². The largest absolute Gasteiger partial charge is 0.311 e. The first-order valence-electron chi connectivity index (χ1n) is 6.27. The highest BCUT2D eigenvalue weighted by molar-refractivity contribution is 5.32. The average Bonchev–Trinajstić information content (AvgIpc) is 2.81. The summed E-state index contributed by atoms with van der Waals surface area (Å²) >= 11 is 0. The standard InChI is InChI=1S/C14H17F2N3/c1-10(2)8-17-9-11-5-6-19(18-11)12-3-4-13(15)14(16)7-12/h3-7,10,17H,8-9H2,1-2H3. The zero-order chi connectivity index (χ0) is 13.8. The zero-order valence-corrected chi connectivity index (χ0v) is 11.0. The minimum absolute atomic E-state index is 0.508. The molecule has 102 valence electrons. The summed E-state index contributed by atoms with van der Waals surface area (Å²) in [6.07, 6.45) is 1.74. The zero-order valence-electron chi connectivity index (χ0n) is 11.0. The monoisotopic (exact) mass is 265 g/mol. The summed E-state index contributed by atoms with van der Waals surface area (Å²) in [7, 11) is 0. The van der Waals surface area contributed by atoms with E-state index in [2.05, 4.69) is 24.3 Å². The molecule has 0 aliphatic heterocycles. The molecule has 2 rings (SSSR count). The third kappa shape index (κ3) is 3.61. The molecule has 2 aromatic rings. The number of hydrogen-bond donors (Lipinski definition) is 1. The number of benzene rings is 1. The van der Waals surface area contributed by atoms with E-state index in [1.165, 1.54) is 10.7 Å². The normalized spacial score (nSPS) is 11.2. The second-order valence-electron chi connectivity index (χ2n) is 4.87. The van der Waals surface area contributed by atoms with Gasteiger partial charge in [-0.15, -0.1) is 0 Å². The first-order valence-corrected chi connectivity index (χ1v) is 6.27. The fraction of sp³-hybridized carbons (Fsp3) is 0.357. The van der Waals surface area contributed by atoms with Crippen LogP contribution in [0, 0.1) is 17.6 Å². The smallest absolute Gasteiger partial charge is 0.160 e. The van der Waals surface area contributed by atoms with Crippen molar-refractivity contribution < 1.29 is 8.78 Å². The van der Waals surface area contributed by atoms with Gasteiger partial charge >= 0.3 is 0 Å². The fourth-order valence-electron chi connectivity index (χ4n) is 1.72. The maximum absolute atomic E-state index is 13.1. The van der Waals surface area contributed by atoms with Gasteiger partial charge in [-0.25, -0.2) is 13.5 Å². The third-order valence-electron chi connectivity index (χ3n) is 2.67. The molecule has 0 saturated heterocycles. The molecule has 0 aliphatic carbocycles. The van der Waals surface area contributed by atoms with Crippen molar-refractivity contribution in [3.8, 4) is 5.69 Å². The predicted molar refractivity (Wildman–Crippen MR) is 70.0 cm³/mol. The number of aromatic nitrogens is 2. The SMILES string of the molecule is CC(C)CNCc1ccn(-c2ccc(F)c(F)c2)n1. The maximum atomic E-state index is 13.1. The van der Waals surface area contributed by atoms with Crippen molar-refractivity contribution in [2.45, 2.75) is 20.4 Å². The number of rotatable bonds is 5. The molecule has 0 fully saturated rings. The van der Waals surface area contributed by atoms with Gasteiger partial charge in [0, 0.05) is 18.8 Å². The summed E-state index contributed by atoms with van der Waals surface area (Å²) in [6.45, 7) is 5.84. The van der Waals surface area contributed by atoms with Crippen LogP contribution in [-0.2, 0) is 6.54 Å². The summed E-state index contributed by atoms with van der Waals surface area (Å²) < 4.78 is 27.5. The summed E-state index contributed by atoms with van der Waals surface area (Å²) in [5.41, 5.74) is 1.37. The highest BCUT2D eigenvalue weighted by atomic mass is 19.2. The van der Waals surface area contributed by atoms with E-state index in [4.69, 9.17) is 0 Å². The lowest BCUT2D eigenvalue weighted by Crippen LogP contribution is -2.19. The highest BCUT2D eigenvalue weighted by Gasteiger charge is 2.06. The van der Waals surface area contributed by atoms with Crippen LogP contribution in [0.25, 0.3) is 5.69 Å². The number of hydrogen-bond acceptors (Lipinski definition) is 2. The van der Waals surface area contributed by atoms with Crippen LogP contribution in [0.15, 0.2) is 30.5 Å². The lowest BCUT2D eigenvalue weighted by atomic mass is 10.2. The molecule has 1 aromatic heterocycles. The van der Waals surface area contributed by atoms with E-state index in [1.54, 1.807) is 6.20 Å². The summed E-state index contributed by atoms with van der Waals surface area (Å²) in [5.74, 6) is -1.14. The lowest BCUT2D eigenvalue weighted by Gasteiger charge is -2.05. The average molecular weight is 265 g/mol. The number of halogens is 2. The lowest BCUT2D eigenvalue weighted by molar-refractivity contribution is 0.507. The van der Waals surface area contributed by atoms with Crippen molar-refractivity contribution in [2.75, 3.05) is 6.54 Å². The van der Waals surface area contributed by atoms with Crippen molar-refractivity contribution in [2.24, 2.45) is 5.92 Å².